The van der Waals surface area contributed by atoms with Crippen LogP contribution in [0, 0.1) is 17.7 Å². The fourth-order valence-corrected chi connectivity index (χ4v) is 2.52. The molecule has 1 fully saturated rings. The molecule has 1 unspecified atom stereocenters. The second-order valence-electron chi connectivity index (χ2n) is 5.66. The molecule has 1 aliphatic rings. The molecule has 1 saturated heterocycles. The number of nitrogens with one attached hydrogen (secondary N) is 1. The average molecular weight is 294 g/mol. The Hall–Kier alpha value is -2.11. The summed E-state index contributed by atoms with van der Waals surface area (Å²) in [6.45, 7) is 5.50. The van der Waals surface area contributed by atoms with E-state index in [1.54, 1.807) is 4.90 Å². The Morgan fingerprint density at radius 1 is 1.43 bits per heavy atom. The van der Waals surface area contributed by atoms with E-state index in [0.29, 0.717) is 24.9 Å². The summed E-state index contributed by atoms with van der Waals surface area (Å²) in [6, 6.07) is 2.85. The van der Waals surface area contributed by atoms with Gasteiger partial charge in [0.1, 0.15) is 5.82 Å². The average Bonchev–Trinajstić information content (AvgIpc) is 2.88. The number of hydrogen-bond donors (Lipinski definition) is 2. The number of halogens is 1. The highest BCUT2D eigenvalue weighted by Gasteiger charge is 2.28. The normalized spacial score (nSPS) is 18.1. The molecule has 2 amide bonds. The third-order valence-corrected chi connectivity index (χ3v) is 3.91. The maximum absolute atomic E-state index is 13.2. The molecule has 1 atom stereocenters. The van der Waals surface area contributed by atoms with Gasteiger partial charge in [-0.2, -0.15) is 0 Å². The molecule has 1 heterocycles. The first-order valence-electron chi connectivity index (χ1n) is 6.97. The molecule has 1 aromatic rings. The molecule has 5 nitrogen and oxygen atoms in total. The summed E-state index contributed by atoms with van der Waals surface area (Å²) >= 11 is 0. The molecule has 0 saturated carbocycles. The fourth-order valence-electron chi connectivity index (χ4n) is 2.52. The van der Waals surface area contributed by atoms with Crippen LogP contribution in [-0.2, 0) is 0 Å². The van der Waals surface area contributed by atoms with Gasteiger partial charge in [0, 0.05) is 13.1 Å². The molecule has 2 N–H and O–H groups in total. The second kappa shape index (κ2) is 6.11. The van der Waals surface area contributed by atoms with Crippen LogP contribution in [-0.4, -0.2) is 35.1 Å². The minimum atomic E-state index is -1.20. The van der Waals surface area contributed by atoms with Crippen LogP contribution < -0.4 is 5.32 Å². The van der Waals surface area contributed by atoms with Gasteiger partial charge in [-0.1, -0.05) is 13.8 Å². The van der Waals surface area contributed by atoms with Gasteiger partial charge in [0.25, 0.3) is 0 Å². The molecule has 6 heteroatoms. The van der Waals surface area contributed by atoms with Crippen molar-refractivity contribution in [1.82, 2.24) is 4.90 Å². The molecule has 21 heavy (non-hydrogen) atoms. The van der Waals surface area contributed by atoms with Crippen LogP contribution in [0.15, 0.2) is 18.2 Å². The number of benzene rings is 1. The standard InChI is InChI=1S/C15H19FN2O3/c1-9(2)10-5-6-18(8-10)15(21)17-13-7-11(16)3-4-12(13)14(19)20/h3-4,7,9-10H,5-6,8H2,1-2H3,(H,17,21)(H,19,20). The summed E-state index contributed by atoms with van der Waals surface area (Å²) in [5, 5.41) is 11.6. The predicted octanol–water partition coefficient (Wildman–Crippen LogP) is 3.03. The van der Waals surface area contributed by atoms with E-state index in [-0.39, 0.29) is 17.3 Å². The van der Waals surface area contributed by atoms with Crippen LogP contribution in [0.25, 0.3) is 0 Å². The molecule has 1 aromatic carbocycles. The first kappa shape index (κ1) is 15.3. The zero-order valence-corrected chi connectivity index (χ0v) is 12.1. The smallest absolute Gasteiger partial charge is 0.337 e. The predicted molar refractivity (Wildman–Crippen MR) is 76.9 cm³/mol. The number of carbonyl (C=O) groups is 2. The lowest BCUT2D eigenvalue weighted by molar-refractivity contribution is 0.0698. The molecule has 0 radical (unpaired) electrons. The van der Waals surface area contributed by atoms with E-state index in [1.165, 1.54) is 0 Å². The lowest BCUT2D eigenvalue weighted by Gasteiger charge is -2.19. The third kappa shape index (κ3) is 3.51. The van der Waals surface area contributed by atoms with Crippen molar-refractivity contribution in [3.63, 3.8) is 0 Å². The number of rotatable bonds is 3. The molecule has 0 aromatic heterocycles. The van der Waals surface area contributed by atoms with E-state index in [1.807, 2.05) is 0 Å². The van der Waals surface area contributed by atoms with Crippen molar-refractivity contribution in [1.29, 1.82) is 0 Å². The topological polar surface area (TPSA) is 69.6 Å². The number of aromatic carboxylic acids is 1. The zero-order chi connectivity index (χ0) is 15.6. The number of anilines is 1. The number of carbonyl (C=O) groups excluding carboxylic acids is 1. The lowest BCUT2D eigenvalue weighted by atomic mass is 9.95. The number of likely N-dealkylation sites (tertiary alicyclic amines) is 1. The minimum Gasteiger partial charge on any atom is -0.478 e. The van der Waals surface area contributed by atoms with Gasteiger partial charge >= 0.3 is 12.0 Å². The number of carboxylic acids is 1. The summed E-state index contributed by atoms with van der Waals surface area (Å²) in [6.07, 6.45) is 0.931. The number of carboxylic acid groups (broad SMARTS) is 1. The van der Waals surface area contributed by atoms with Gasteiger partial charge in [-0.3, -0.25) is 0 Å². The molecular weight excluding hydrogens is 275 g/mol. The highest BCUT2D eigenvalue weighted by atomic mass is 19.1. The first-order chi connectivity index (χ1) is 9.88. The van der Waals surface area contributed by atoms with Crippen molar-refractivity contribution in [2.45, 2.75) is 20.3 Å². The first-order valence-corrected chi connectivity index (χ1v) is 6.97. The quantitative estimate of drug-likeness (QED) is 0.900. The number of hydrogen-bond acceptors (Lipinski definition) is 2. The van der Waals surface area contributed by atoms with Crippen LogP contribution in [0.2, 0.25) is 0 Å². The van der Waals surface area contributed by atoms with Crippen LogP contribution in [0.3, 0.4) is 0 Å². The van der Waals surface area contributed by atoms with Crippen LogP contribution >= 0.6 is 0 Å². The van der Waals surface area contributed by atoms with Gasteiger partial charge in [0.15, 0.2) is 0 Å². The Kier molecular flexibility index (Phi) is 4.45. The monoisotopic (exact) mass is 294 g/mol. The molecule has 2 rings (SSSR count). The fraction of sp³-hybridized carbons (Fsp3) is 0.467. The van der Waals surface area contributed by atoms with Gasteiger partial charge < -0.3 is 15.3 Å². The van der Waals surface area contributed by atoms with E-state index in [9.17, 15) is 14.0 Å². The Morgan fingerprint density at radius 3 is 2.71 bits per heavy atom. The summed E-state index contributed by atoms with van der Waals surface area (Å²) in [7, 11) is 0. The third-order valence-electron chi connectivity index (χ3n) is 3.91. The summed E-state index contributed by atoms with van der Waals surface area (Å²) in [4.78, 5) is 24.9. The lowest BCUT2D eigenvalue weighted by Crippen LogP contribution is -2.33. The van der Waals surface area contributed by atoms with Crippen molar-refractivity contribution in [2.24, 2.45) is 11.8 Å². The largest absolute Gasteiger partial charge is 0.478 e. The maximum Gasteiger partial charge on any atom is 0.337 e. The Morgan fingerprint density at radius 2 is 2.14 bits per heavy atom. The van der Waals surface area contributed by atoms with Gasteiger partial charge in [0.2, 0.25) is 0 Å². The van der Waals surface area contributed by atoms with Crippen LogP contribution in [0.1, 0.15) is 30.6 Å². The van der Waals surface area contributed by atoms with E-state index in [0.717, 1.165) is 24.6 Å². The maximum atomic E-state index is 13.2. The Bertz CT molecular complexity index is 560. The van der Waals surface area contributed by atoms with E-state index in [4.69, 9.17) is 5.11 Å². The SMILES string of the molecule is CC(C)C1CCN(C(=O)Nc2cc(F)ccc2C(=O)O)C1. The van der Waals surface area contributed by atoms with Gasteiger partial charge in [-0.05, 0) is 36.5 Å². The van der Waals surface area contributed by atoms with Crippen molar-refractivity contribution in [3.05, 3.63) is 29.6 Å². The number of nitrogens with zero attached hydrogens (tertiary/aromatic N) is 1. The molecule has 0 spiro atoms. The summed E-state index contributed by atoms with van der Waals surface area (Å²) < 4.78 is 13.2. The van der Waals surface area contributed by atoms with Gasteiger partial charge in [-0.15, -0.1) is 0 Å². The molecule has 0 bridgehead atoms. The summed E-state index contributed by atoms with van der Waals surface area (Å²) in [5.74, 6) is -0.850. The Balaban J connectivity index is 2.10. The molecule has 1 aliphatic heterocycles. The van der Waals surface area contributed by atoms with E-state index in [2.05, 4.69) is 19.2 Å². The highest BCUT2D eigenvalue weighted by molar-refractivity contribution is 6.00. The van der Waals surface area contributed by atoms with Gasteiger partial charge in [-0.25, -0.2) is 14.0 Å². The number of urea groups is 1. The highest BCUT2D eigenvalue weighted by Crippen LogP contribution is 2.25. The minimum absolute atomic E-state index is 0.0134. The zero-order valence-electron chi connectivity index (χ0n) is 12.1. The molecular formula is C15H19FN2O3. The Labute approximate surface area is 122 Å². The van der Waals surface area contributed by atoms with Gasteiger partial charge in [0.05, 0.1) is 11.3 Å². The van der Waals surface area contributed by atoms with Crippen LogP contribution in [0.4, 0.5) is 14.9 Å². The van der Waals surface area contributed by atoms with Crippen molar-refractivity contribution >= 4 is 17.7 Å². The molecule has 0 aliphatic carbocycles. The van der Waals surface area contributed by atoms with Crippen molar-refractivity contribution in [3.8, 4) is 0 Å². The number of amides is 2. The second-order valence-corrected chi connectivity index (χ2v) is 5.66. The summed E-state index contributed by atoms with van der Waals surface area (Å²) in [5.41, 5.74) is -0.134. The van der Waals surface area contributed by atoms with E-state index < -0.39 is 11.8 Å². The van der Waals surface area contributed by atoms with Crippen LogP contribution in [0.5, 0.6) is 0 Å². The van der Waals surface area contributed by atoms with Crippen molar-refractivity contribution in [2.75, 3.05) is 18.4 Å². The van der Waals surface area contributed by atoms with Crippen molar-refractivity contribution < 1.29 is 19.1 Å². The van der Waals surface area contributed by atoms with E-state index >= 15 is 0 Å². The molecule has 114 valence electrons.